The monoisotopic (exact) mass is 494 g/mol. The van der Waals surface area contributed by atoms with E-state index in [1.165, 1.54) is 17.0 Å². The third kappa shape index (κ3) is 6.09. The smallest absolute Gasteiger partial charge is 0.254 e. The molecule has 0 bridgehead atoms. The molecule has 0 radical (unpaired) electrons. The van der Waals surface area contributed by atoms with Gasteiger partial charge in [-0.15, -0.1) is 11.3 Å². The highest BCUT2D eigenvalue weighted by molar-refractivity contribution is 7.10. The number of hydrogen-bond donors (Lipinski definition) is 0. The molecular formula is C28H31FN2O3S. The first-order valence-electron chi connectivity index (χ1n) is 11.9. The van der Waals surface area contributed by atoms with Crippen molar-refractivity contribution in [3.8, 4) is 5.75 Å². The number of carbonyl (C=O) groups is 2. The molecule has 0 fully saturated rings. The van der Waals surface area contributed by atoms with Gasteiger partial charge in [0, 0.05) is 29.6 Å². The Morgan fingerprint density at radius 2 is 1.94 bits per heavy atom. The molecule has 4 rings (SSSR count). The van der Waals surface area contributed by atoms with Gasteiger partial charge in [0.2, 0.25) is 5.91 Å². The number of carbonyl (C=O) groups excluding carboxylic acids is 2. The quantitative estimate of drug-likeness (QED) is 0.416. The van der Waals surface area contributed by atoms with Crippen LogP contribution >= 0.6 is 11.3 Å². The normalized spacial score (nSPS) is 15.1. The van der Waals surface area contributed by atoms with Gasteiger partial charge in [-0.3, -0.25) is 9.59 Å². The van der Waals surface area contributed by atoms with Crippen LogP contribution in [0.4, 0.5) is 4.39 Å². The van der Waals surface area contributed by atoms with Crippen LogP contribution in [0.1, 0.15) is 46.3 Å². The summed E-state index contributed by atoms with van der Waals surface area (Å²) in [5.74, 6) is 0.0164. The van der Waals surface area contributed by atoms with Crippen molar-refractivity contribution in [2.45, 2.75) is 33.2 Å². The number of halogens is 1. The van der Waals surface area contributed by atoms with Gasteiger partial charge in [-0.1, -0.05) is 37.6 Å². The molecule has 1 aliphatic heterocycles. The van der Waals surface area contributed by atoms with Gasteiger partial charge in [-0.2, -0.15) is 0 Å². The van der Waals surface area contributed by atoms with Crippen LogP contribution in [0.5, 0.6) is 5.75 Å². The van der Waals surface area contributed by atoms with E-state index in [2.05, 4.69) is 0 Å². The molecule has 2 amide bonds. The van der Waals surface area contributed by atoms with Gasteiger partial charge < -0.3 is 14.5 Å². The summed E-state index contributed by atoms with van der Waals surface area (Å²) in [4.78, 5) is 31.6. The molecule has 1 unspecified atom stereocenters. The van der Waals surface area contributed by atoms with Crippen LogP contribution in [0.2, 0.25) is 0 Å². The van der Waals surface area contributed by atoms with Crippen molar-refractivity contribution in [2.75, 3.05) is 26.2 Å². The van der Waals surface area contributed by atoms with Gasteiger partial charge in [-0.25, -0.2) is 4.39 Å². The highest BCUT2D eigenvalue weighted by atomic mass is 32.1. The van der Waals surface area contributed by atoms with E-state index < -0.39 is 0 Å². The second kappa shape index (κ2) is 11.0. The average molecular weight is 495 g/mol. The summed E-state index contributed by atoms with van der Waals surface area (Å²) in [5, 5.41) is 2.03. The zero-order valence-electron chi connectivity index (χ0n) is 20.4. The number of ether oxygens (including phenoxy) is 1. The van der Waals surface area contributed by atoms with Gasteiger partial charge in [0.25, 0.3) is 5.91 Å². The van der Waals surface area contributed by atoms with Gasteiger partial charge >= 0.3 is 0 Å². The predicted molar refractivity (Wildman–Crippen MR) is 136 cm³/mol. The van der Waals surface area contributed by atoms with Crippen LogP contribution in [0.25, 0.3) is 0 Å². The van der Waals surface area contributed by atoms with Gasteiger partial charge in [-0.05, 0) is 60.5 Å². The van der Waals surface area contributed by atoms with E-state index in [-0.39, 0.29) is 42.7 Å². The largest absolute Gasteiger partial charge is 0.491 e. The van der Waals surface area contributed by atoms with Crippen LogP contribution in [0, 0.1) is 18.7 Å². The van der Waals surface area contributed by atoms with Crippen LogP contribution in [-0.4, -0.2) is 47.9 Å². The Morgan fingerprint density at radius 1 is 1.17 bits per heavy atom. The molecule has 3 aromatic rings. The molecule has 2 heterocycles. The molecule has 5 nitrogen and oxygen atoms in total. The fourth-order valence-electron chi connectivity index (χ4n) is 4.40. The molecule has 0 saturated carbocycles. The molecule has 35 heavy (non-hydrogen) atoms. The minimum absolute atomic E-state index is 0.000819. The lowest BCUT2D eigenvalue weighted by Gasteiger charge is -2.37. The summed E-state index contributed by atoms with van der Waals surface area (Å²) >= 11 is 1.67. The van der Waals surface area contributed by atoms with Crippen molar-refractivity contribution in [1.29, 1.82) is 0 Å². The maximum Gasteiger partial charge on any atom is 0.254 e. The summed E-state index contributed by atoms with van der Waals surface area (Å²) in [6.07, 6.45) is 0.769. The van der Waals surface area contributed by atoms with E-state index >= 15 is 0 Å². The topological polar surface area (TPSA) is 49.9 Å². The van der Waals surface area contributed by atoms with E-state index in [1.807, 2.05) is 61.4 Å². The first-order chi connectivity index (χ1) is 16.8. The van der Waals surface area contributed by atoms with E-state index in [0.717, 1.165) is 17.5 Å². The van der Waals surface area contributed by atoms with Crippen molar-refractivity contribution >= 4 is 23.2 Å². The summed E-state index contributed by atoms with van der Waals surface area (Å²) in [6, 6.07) is 15.2. The number of aryl methyl sites for hydroxylation is 1. The number of hydrogen-bond acceptors (Lipinski definition) is 4. The summed E-state index contributed by atoms with van der Waals surface area (Å²) in [6.45, 7) is 7.31. The average Bonchev–Trinajstić information content (AvgIpc) is 3.31. The molecule has 2 aromatic carbocycles. The van der Waals surface area contributed by atoms with Gasteiger partial charge in [0.1, 0.15) is 24.7 Å². The zero-order valence-corrected chi connectivity index (χ0v) is 21.2. The lowest BCUT2D eigenvalue weighted by Crippen LogP contribution is -2.48. The molecule has 0 aliphatic carbocycles. The Balaban J connectivity index is 1.53. The molecule has 184 valence electrons. The Labute approximate surface area is 210 Å². The van der Waals surface area contributed by atoms with E-state index in [9.17, 15) is 14.0 Å². The molecule has 0 N–H and O–H groups in total. The van der Waals surface area contributed by atoms with Crippen LogP contribution < -0.4 is 4.74 Å². The Morgan fingerprint density at radius 3 is 2.66 bits per heavy atom. The molecular weight excluding hydrogens is 463 g/mol. The Hall–Kier alpha value is -3.19. The third-order valence-corrected chi connectivity index (χ3v) is 7.11. The minimum atomic E-state index is -0.366. The first kappa shape index (κ1) is 24.9. The fraction of sp³-hybridized carbons (Fsp3) is 0.357. The number of fused-ring (bicyclic) bond motifs is 1. The lowest BCUT2D eigenvalue weighted by atomic mass is 10.00. The van der Waals surface area contributed by atoms with Crippen molar-refractivity contribution in [2.24, 2.45) is 5.92 Å². The minimum Gasteiger partial charge on any atom is -0.491 e. The first-order valence-corrected chi connectivity index (χ1v) is 12.8. The number of amides is 2. The second-order valence-electron chi connectivity index (χ2n) is 9.37. The molecule has 0 spiro atoms. The van der Waals surface area contributed by atoms with Gasteiger partial charge in [0.15, 0.2) is 0 Å². The summed E-state index contributed by atoms with van der Waals surface area (Å²) in [7, 11) is 0. The maximum atomic E-state index is 13.6. The number of nitrogens with zero attached hydrogens (tertiary/aromatic N) is 2. The highest BCUT2D eigenvalue weighted by Gasteiger charge is 2.33. The molecule has 1 atom stereocenters. The third-order valence-electron chi connectivity index (χ3n) is 6.12. The van der Waals surface area contributed by atoms with E-state index in [4.69, 9.17) is 4.74 Å². The van der Waals surface area contributed by atoms with E-state index in [1.54, 1.807) is 28.4 Å². The van der Waals surface area contributed by atoms with Crippen molar-refractivity contribution < 1.29 is 18.7 Å². The standard InChI is InChI=1S/C28H31FN2O3S/c1-19(2)16-30(28(33)21-9-7-20(3)8-10-21)17-27(32)31-13-11-26-24(12-14-35-26)25(31)18-34-23-6-4-5-22(29)15-23/h4-10,12,14-15,19,25H,11,13,16-18H2,1-3H3. The second-order valence-corrected chi connectivity index (χ2v) is 10.4. The Kier molecular flexibility index (Phi) is 7.86. The number of thiophene rings is 1. The SMILES string of the molecule is Cc1ccc(C(=O)N(CC(=O)N2CCc3sccc3C2COc2cccc(F)c2)CC(C)C)cc1. The maximum absolute atomic E-state index is 13.6. The van der Waals surface area contributed by atoms with Crippen LogP contribution in [0.15, 0.2) is 60.0 Å². The molecule has 7 heteroatoms. The molecule has 0 saturated heterocycles. The van der Waals surface area contributed by atoms with Crippen molar-refractivity contribution in [1.82, 2.24) is 9.80 Å². The number of benzene rings is 2. The Bertz CT molecular complexity index is 1170. The lowest BCUT2D eigenvalue weighted by molar-refractivity contribution is -0.135. The van der Waals surface area contributed by atoms with Crippen molar-refractivity contribution in [3.63, 3.8) is 0 Å². The predicted octanol–water partition coefficient (Wildman–Crippen LogP) is 5.50. The fourth-order valence-corrected chi connectivity index (χ4v) is 5.33. The van der Waals surface area contributed by atoms with Gasteiger partial charge in [0.05, 0.1) is 6.04 Å². The summed E-state index contributed by atoms with van der Waals surface area (Å²) in [5.41, 5.74) is 2.72. The molecule has 1 aromatic heterocycles. The van der Waals surface area contributed by atoms with E-state index in [0.29, 0.717) is 24.4 Å². The number of rotatable bonds is 8. The van der Waals surface area contributed by atoms with Crippen molar-refractivity contribution in [3.05, 3.63) is 87.4 Å². The zero-order chi connectivity index (χ0) is 24.9. The highest BCUT2D eigenvalue weighted by Crippen LogP contribution is 2.34. The molecule has 1 aliphatic rings. The van der Waals surface area contributed by atoms with Crippen LogP contribution in [-0.2, 0) is 11.2 Å². The summed E-state index contributed by atoms with van der Waals surface area (Å²) < 4.78 is 19.6. The van der Waals surface area contributed by atoms with Crippen LogP contribution in [0.3, 0.4) is 0 Å².